The zero-order chi connectivity index (χ0) is 23.1. The van der Waals surface area contributed by atoms with E-state index in [9.17, 15) is 9.90 Å². The normalized spacial score (nSPS) is 19.0. The van der Waals surface area contributed by atoms with Gasteiger partial charge in [-0.3, -0.25) is 9.55 Å². The van der Waals surface area contributed by atoms with Crippen molar-refractivity contribution in [3.05, 3.63) is 81.8 Å². The average Bonchev–Trinajstić information content (AvgIpc) is 3.27. The molecule has 1 aliphatic heterocycles. The first-order valence-corrected chi connectivity index (χ1v) is 11.7. The van der Waals surface area contributed by atoms with Crippen molar-refractivity contribution in [3.63, 3.8) is 0 Å². The van der Waals surface area contributed by atoms with E-state index in [-0.39, 0.29) is 17.8 Å². The average molecular weight is 446 g/mol. The first-order chi connectivity index (χ1) is 15.9. The number of hydrogen-bond acceptors (Lipinski definition) is 4. The number of H-pyrrole nitrogens is 1. The predicted octanol–water partition coefficient (Wildman–Crippen LogP) is 3.55. The summed E-state index contributed by atoms with van der Waals surface area (Å²) in [4.78, 5) is 19.7. The standard InChI is InChI=1S/C26H31N5O2/c1-16(7-10-19-13-20(15-27-14-19)31-17(2)8-9-18(31)3)28-23-11-12-30-24-21(25(23)32)5-4-6-22(24)29-26(30)33/h4-6,8-9,13-16,23,25,28,32H,7,10-12H2,1-3H3,(H,29,33)/t16?,23-,25-/m1/s1. The van der Waals surface area contributed by atoms with Gasteiger partial charge in [-0.1, -0.05) is 12.1 Å². The minimum Gasteiger partial charge on any atom is -0.387 e. The Morgan fingerprint density at radius 3 is 2.79 bits per heavy atom. The molecule has 1 aromatic carbocycles. The summed E-state index contributed by atoms with van der Waals surface area (Å²) >= 11 is 0. The van der Waals surface area contributed by atoms with Crippen LogP contribution in [-0.4, -0.2) is 36.3 Å². The van der Waals surface area contributed by atoms with E-state index in [0.717, 1.165) is 35.1 Å². The van der Waals surface area contributed by atoms with Crippen molar-refractivity contribution in [2.45, 2.75) is 64.8 Å². The molecule has 4 heterocycles. The summed E-state index contributed by atoms with van der Waals surface area (Å²) in [6, 6.07) is 12.2. The van der Waals surface area contributed by atoms with Crippen LogP contribution in [0, 0.1) is 13.8 Å². The smallest absolute Gasteiger partial charge is 0.326 e. The summed E-state index contributed by atoms with van der Waals surface area (Å²) in [5.74, 6) is 0. The van der Waals surface area contributed by atoms with Crippen LogP contribution >= 0.6 is 0 Å². The van der Waals surface area contributed by atoms with E-state index in [4.69, 9.17) is 0 Å². The van der Waals surface area contributed by atoms with E-state index in [1.165, 1.54) is 17.0 Å². The minimum absolute atomic E-state index is 0.112. The topological polar surface area (TPSA) is 87.9 Å². The molecule has 0 aliphatic carbocycles. The van der Waals surface area contributed by atoms with Gasteiger partial charge in [0.15, 0.2) is 0 Å². The van der Waals surface area contributed by atoms with Crippen LogP contribution in [0.5, 0.6) is 0 Å². The highest BCUT2D eigenvalue weighted by Crippen LogP contribution is 2.30. The summed E-state index contributed by atoms with van der Waals surface area (Å²) in [6.07, 6.45) is 5.69. The molecule has 7 heteroatoms. The minimum atomic E-state index is -0.662. The number of para-hydroxylation sites is 1. The molecule has 7 nitrogen and oxygen atoms in total. The second kappa shape index (κ2) is 8.65. The fraction of sp³-hybridized carbons (Fsp3) is 0.385. The van der Waals surface area contributed by atoms with Crippen LogP contribution in [0.2, 0.25) is 0 Å². The van der Waals surface area contributed by atoms with E-state index in [0.29, 0.717) is 13.0 Å². The van der Waals surface area contributed by atoms with Gasteiger partial charge in [-0.15, -0.1) is 0 Å². The van der Waals surface area contributed by atoms with Crippen LogP contribution in [0.25, 0.3) is 16.7 Å². The number of aromatic nitrogens is 4. The highest BCUT2D eigenvalue weighted by atomic mass is 16.3. The van der Waals surface area contributed by atoms with Crippen molar-refractivity contribution in [1.82, 2.24) is 24.4 Å². The summed E-state index contributed by atoms with van der Waals surface area (Å²) in [5.41, 5.74) is 6.98. The van der Waals surface area contributed by atoms with Crippen molar-refractivity contribution < 1.29 is 5.11 Å². The van der Waals surface area contributed by atoms with Gasteiger partial charge in [-0.2, -0.15) is 0 Å². The summed E-state index contributed by atoms with van der Waals surface area (Å²) in [5, 5.41) is 14.8. The summed E-state index contributed by atoms with van der Waals surface area (Å²) < 4.78 is 3.97. The molecule has 0 saturated heterocycles. The molecule has 0 fully saturated rings. The molecule has 1 aliphatic rings. The second-order valence-corrected chi connectivity index (χ2v) is 9.27. The molecule has 0 radical (unpaired) electrons. The van der Waals surface area contributed by atoms with Crippen LogP contribution < -0.4 is 11.0 Å². The van der Waals surface area contributed by atoms with Crippen LogP contribution in [0.4, 0.5) is 0 Å². The predicted molar refractivity (Wildman–Crippen MR) is 130 cm³/mol. The number of benzene rings is 1. The summed E-state index contributed by atoms with van der Waals surface area (Å²) in [6.45, 7) is 6.95. The Bertz CT molecular complexity index is 1330. The number of pyridine rings is 1. The fourth-order valence-electron chi connectivity index (χ4n) is 5.16. The van der Waals surface area contributed by atoms with E-state index < -0.39 is 6.10 Å². The molecule has 172 valence electrons. The van der Waals surface area contributed by atoms with Crippen molar-refractivity contribution in [3.8, 4) is 5.69 Å². The van der Waals surface area contributed by atoms with Crippen molar-refractivity contribution in [2.24, 2.45) is 0 Å². The molecule has 3 atom stereocenters. The lowest BCUT2D eigenvalue weighted by Crippen LogP contribution is -2.41. The largest absolute Gasteiger partial charge is 0.387 e. The third kappa shape index (κ3) is 4.03. The lowest BCUT2D eigenvalue weighted by molar-refractivity contribution is 0.119. The number of aromatic amines is 1. The Balaban J connectivity index is 1.27. The van der Waals surface area contributed by atoms with E-state index in [2.05, 4.69) is 58.8 Å². The Hall–Kier alpha value is -3.16. The van der Waals surface area contributed by atoms with Gasteiger partial charge in [0.05, 0.1) is 29.0 Å². The zero-order valence-electron chi connectivity index (χ0n) is 19.4. The molecule has 5 rings (SSSR count). The molecule has 4 aromatic rings. The quantitative estimate of drug-likeness (QED) is 0.424. The second-order valence-electron chi connectivity index (χ2n) is 9.27. The van der Waals surface area contributed by atoms with Gasteiger partial charge in [0.1, 0.15) is 0 Å². The number of aliphatic hydroxyl groups is 1. The van der Waals surface area contributed by atoms with Gasteiger partial charge >= 0.3 is 5.69 Å². The van der Waals surface area contributed by atoms with Crippen LogP contribution in [0.3, 0.4) is 0 Å². The highest BCUT2D eigenvalue weighted by molar-refractivity contribution is 5.79. The number of imidazole rings is 1. The molecule has 1 unspecified atom stereocenters. The molecular weight excluding hydrogens is 414 g/mol. The number of aryl methyl sites for hydroxylation is 4. The Morgan fingerprint density at radius 2 is 2.00 bits per heavy atom. The number of nitrogens with one attached hydrogen (secondary N) is 2. The van der Waals surface area contributed by atoms with E-state index in [1.807, 2.05) is 30.6 Å². The molecule has 0 saturated carbocycles. The fourth-order valence-corrected chi connectivity index (χ4v) is 5.16. The summed E-state index contributed by atoms with van der Waals surface area (Å²) in [7, 11) is 0. The number of rotatable bonds is 6. The monoisotopic (exact) mass is 445 g/mol. The molecule has 33 heavy (non-hydrogen) atoms. The maximum absolute atomic E-state index is 12.4. The van der Waals surface area contributed by atoms with Crippen molar-refractivity contribution in [1.29, 1.82) is 0 Å². The number of aliphatic hydroxyl groups excluding tert-OH is 1. The number of hydrogen-bond donors (Lipinski definition) is 3. The molecule has 3 aromatic heterocycles. The third-order valence-electron chi connectivity index (χ3n) is 6.86. The van der Waals surface area contributed by atoms with E-state index >= 15 is 0 Å². The van der Waals surface area contributed by atoms with E-state index in [1.54, 1.807) is 4.57 Å². The Labute approximate surface area is 193 Å². The lowest BCUT2D eigenvalue weighted by atomic mass is 9.98. The molecule has 3 N–H and O–H groups in total. The maximum Gasteiger partial charge on any atom is 0.326 e. The highest BCUT2D eigenvalue weighted by Gasteiger charge is 2.29. The van der Waals surface area contributed by atoms with Crippen LogP contribution in [0.15, 0.2) is 53.6 Å². The lowest BCUT2D eigenvalue weighted by Gasteiger charge is -2.26. The Kier molecular flexibility index (Phi) is 5.68. The molecule has 0 spiro atoms. The SMILES string of the molecule is Cc1ccc(C)n1-c1cncc(CCC(C)N[C@@H]2CCn3c(=O)[nH]c4cccc(c43)[C@H]2O)c1. The number of nitrogens with zero attached hydrogens (tertiary/aromatic N) is 3. The van der Waals surface area contributed by atoms with Gasteiger partial charge in [0.2, 0.25) is 0 Å². The van der Waals surface area contributed by atoms with Gasteiger partial charge in [-0.05, 0) is 69.9 Å². The van der Waals surface area contributed by atoms with Gasteiger partial charge in [0.25, 0.3) is 0 Å². The van der Waals surface area contributed by atoms with Crippen LogP contribution in [0.1, 0.15) is 48.4 Å². The van der Waals surface area contributed by atoms with Crippen LogP contribution in [-0.2, 0) is 13.0 Å². The van der Waals surface area contributed by atoms with Gasteiger partial charge in [-0.25, -0.2) is 4.79 Å². The molecular formula is C26H31N5O2. The molecule has 0 bridgehead atoms. The Morgan fingerprint density at radius 1 is 1.21 bits per heavy atom. The van der Waals surface area contributed by atoms with Crippen molar-refractivity contribution >= 4 is 11.0 Å². The first-order valence-electron chi connectivity index (χ1n) is 11.7. The zero-order valence-corrected chi connectivity index (χ0v) is 19.4. The first kappa shape index (κ1) is 21.7. The maximum atomic E-state index is 12.4. The third-order valence-corrected chi connectivity index (χ3v) is 6.86. The van der Waals surface area contributed by atoms with Crippen molar-refractivity contribution in [2.75, 3.05) is 0 Å². The molecule has 0 amide bonds. The van der Waals surface area contributed by atoms with Gasteiger partial charge < -0.3 is 20.0 Å². The van der Waals surface area contributed by atoms with Gasteiger partial charge in [0, 0.05) is 41.8 Å².